The third-order valence-corrected chi connectivity index (χ3v) is 3.76. The average Bonchev–Trinajstić information content (AvgIpc) is 2.97. The van der Waals surface area contributed by atoms with Crippen molar-refractivity contribution in [1.82, 2.24) is 20.4 Å². The predicted molar refractivity (Wildman–Crippen MR) is 75.4 cm³/mol. The number of hydrogen-bond acceptors (Lipinski definition) is 6. The van der Waals surface area contributed by atoms with Gasteiger partial charge in [0.25, 0.3) is 0 Å². The van der Waals surface area contributed by atoms with E-state index in [2.05, 4.69) is 20.4 Å². The number of nitrogens with two attached hydrogens (primary N) is 1. The lowest BCUT2D eigenvalue weighted by Gasteiger charge is -2.15. The van der Waals surface area contributed by atoms with Crippen LogP contribution >= 0.6 is 11.3 Å². The van der Waals surface area contributed by atoms with E-state index in [9.17, 15) is 0 Å². The van der Waals surface area contributed by atoms with Gasteiger partial charge >= 0.3 is 0 Å². The summed E-state index contributed by atoms with van der Waals surface area (Å²) in [5.74, 6) is 5.66. The third kappa shape index (κ3) is 2.60. The van der Waals surface area contributed by atoms with Crippen molar-refractivity contribution in [3.8, 4) is 0 Å². The number of hydrazine groups is 1. The van der Waals surface area contributed by atoms with Crippen LogP contribution in [0.4, 0.5) is 0 Å². The highest BCUT2D eigenvalue weighted by Gasteiger charge is 2.13. The Hall–Kier alpha value is -1.89. The van der Waals surface area contributed by atoms with Crippen LogP contribution in [0.15, 0.2) is 42.2 Å². The summed E-state index contributed by atoms with van der Waals surface area (Å²) < 4.78 is 0. The van der Waals surface area contributed by atoms with Crippen molar-refractivity contribution in [2.75, 3.05) is 0 Å². The fourth-order valence-electron chi connectivity index (χ4n) is 2.00. The van der Waals surface area contributed by atoms with Crippen LogP contribution in [0.3, 0.4) is 0 Å². The molecule has 3 rings (SSSR count). The molecule has 2 aromatic heterocycles. The second kappa shape index (κ2) is 5.40. The molecule has 0 aliphatic heterocycles. The second-order valence-electron chi connectivity index (χ2n) is 4.15. The number of benzene rings is 1. The first kappa shape index (κ1) is 12.2. The van der Waals surface area contributed by atoms with Crippen molar-refractivity contribution in [2.24, 2.45) is 5.84 Å². The number of nitrogens with zero attached hydrogens (tertiary/aromatic N) is 3. The van der Waals surface area contributed by atoms with Gasteiger partial charge in [0.1, 0.15) is 0 Å². The van der Waals surface area contributed by atoms with E-state index >= 15 is 0 Å². The Kier molecular flexibility index (Phi) is 3.45. The molecular weight excluding hydrogens is 258 g/mol. The molecule has 0 saturated heterocycles. The number of hydrogen-bond donors (Lipinski definition) is 2. The summed E-state index contributed by atoms with van der Waals surface area (Å²) in [4.78, 5) is 12.9. The Morgan fingerprint density at radius 2 is 1.95 bits per heavy atom. The highest BCUT2D eigenvalue weighted by atomic mass is 32.1. The van der Waals surface area contributed by atoms with Crippen LogP contribution in [0.25, 0.3) is 11.0 Å². The molecule has 19 heavy (non-hydrogen) atoms. The van der Waals surface area contributed by atoms with Gasteiger partial charge in [0.2, 0.25) is 0 Å². The summed E-state index contributed by atoms with van der Waals surface area (Å²) in [5.41, 5.74) is 5.69. The number of fused-ring (bicyclic) bond motifs is 1. The van der Waals surface area contributed by atoms with E-state index in [0.717, 1.165) is 28.0 Å². The van der Waals surface area contributed by atoms with E-state index < -0.39 is 0 Å². The van der Waals surface area contributed by atoms with Gasteiger partial charge in [0.15, 0.2) is 0 Å². The first-order chi connectivity index (χ1) is 9.36. The molecule has 0 spiro atoms. The van der Waals surface area contributed by atoms with Crippen LogP contribution in [0.5, 0.6) is 0 Å². The maximum atomic E-state index is 5.66. The van der Waals surface area contributed by atoms with E-state index in [1.807, 2.05) is 23.6 Å². The molecule has 5 nitrogen and oxygen atoms in total. The molecule has 0 fully saturated rings. The number of nitrogens with one attached hydrogen (secondary N) is 1. The fraction of sp³-hybridized carbons (Fsp3) is 0.154. The zero-order valence-electron chi connectivity index (χ0n) is 10.2. The molecule has 0 saturated carbocycles. The first-order valence-corrected chi connectivity index (χ1v) is 6.80. The second-order valence-corrected chi connectivity index (χ2v) is 5.13. The Morgan fingerprint density at radius 1 is 1.11 bits per heavy atom. The summed E-state index contributed by atoms with van der Waals surface area (Å²) in [5, 5.41) is 3.02. The van der Waals surface area contributed by atoms with Crippen LogP contribution in [0.1, 0.15) is 16.6 Å². The van der Waals surface area contributed by atoms with Crippen LogP contribution in [0.2, 0.25) is 0 Å². The Morgan fingerprint density at radius 3 is 2.68 bits per heavy atom. The van der Waals surface area contributed by atoms with Gasteiger partial charge in [-0.05, 0) is 17.7 Å². The normalized spacial score (nSPS) is 12.7. The number of rotatable bonds is 4. The molecule has 0 bridgehead atoms. The van der Waals surface area contributed by atoms with Gasteiger partial charge in [-0.3, -0.25) is 21.2 Å². The molecule has 3 aromatic rings. The summed E-state index contributed by atoms with van der Waals surface area (Å²) in [7, 11) is 0. The summed E-state index contributed by atoms with van der Waals surface area (Å²) in [6, 6.07) is 6.02. The van der Waals surface area contributed by atoms with Crippen LogP contribution < -0.4 is 11.3 Å². The lowest BCUT2D eigenvalue weighted by Crippen LogP contribution is -2.29. The molecule has 1 atom stereocenters. The molecule has 1 aromatic carbocycles. The topological polar surface area (TPSA) is 76.7 Å². The van der Waals surface area contributed by atoms with Gasteiger partial charge in [0, 0.05) is 30.4 Å². The largest absolute Gasteiger partial charge is 0.271 e. The van der Waals surface area contributed by atoms with Gasteiger partial charge in [-0.25, -0.2) is 4.98 Å². The molecule has 6 heteroatoms. The quantitative estimate of drug-likeness (QED) is 0.559. The van der Waals surface area contributed by atoms with Gasteiger partial charge in [0.05, 0.1) is 22.1 Å². The van der Waals surface area contributed by atoms with E-state index in [4.69, 9.17) is 5.84 Å². The molecule has 0 aliphatic carbocycles. The van der Waals surface area contributed by atoms with Crippen molar-refractivity contribution in [2.45, 2.75) is 12.5 Å². The Bertz CT molecular complexity index is 668. The van der Waals surface area contributed by atoms with Gasteiger partial charge in [-0.15, -0.1) is 11.3 Å². The zero-order valence-corrected chi connectivity index (χ0v) is 11.0. The van der Waals surface area contributed by atoms with E-state index in [1.165, 1.54) is 0 Å². The third-order valence-electron chi connectivity index (χ3n) is 2.96. The SMILES string of the molecule is NNC(Cc1nccs1)c1ccc2nccnc2c1. The first-order valence-electron chi connectivity index (χ1n) is 5.92. The van der Waals surface area contributed by atoms with E-state index in [0.29, 0.717) is 0 Å². The summed E-state index contributed by atoms with van der Waals surface area (Å²) in [6.45, 7) is 0. The smallest absolute Gasteiger partial charge is 0.0944 e. The maximum Gasteiger partial charge on any atom is 0.0944 e. The summed E-state index contributed by atoms with van der Waals surface area (Å²) in [6.07, 6.45) is 5.95. The van der Waals surface area contributed by atoms with Crippen molar-refractivity contribution in [3.63, 3.8) is 0 Å². The van der Waals surface area contributed by atoms with Crippen LogP contribution in [0, 0.1) is 0 Å². The standard InChI is InChI=1S/C13H13N5S/c14-18-11(8-13-17-5-6-19-13)9-1-2-10-12(7-9)16-4-3-15-10/h1-7,11,18H,8,14H2. The Balaban J connectivity index is 1.92. The lowest BCUT2D eigenvalue weighted by molar-refractivity contribution is 0.551. The molecular formula is C13H13N5S. The highest BCUT2D eigenvalue weighted by Crippen LogP contribution is 2.21. The van der Waals surface area contributed by atoms with Crippen molar-refractivity contribution >= 4 is 22.4 Å². The van der Waals surface area contributed by atoms with Gasteiger partial charge < -0.3 is 0 Å². The lowest BCUT2D eigenvalue weighted by atomic mass is 10.0. The molecule has 3 N–H and O–H groups in total. The minimum atomic E-state index is 0.0255. The highest BCUT2D eigenvalue weighted by molar-refractivity contribution is 7.09. The minimum absolute atomic E-state index is 0.0255. The summed E-state index contributed by atoms with van der Waals surface area (Å²) >= 11 is 1.63. The van der Waals surface area contributed by atoms with Gasteiger partial charge in [-0.2, -0.15) is 0 Å². The van der Waals surface area contributed by atoms with Crippen LogP contribution in [-0.2, 0) is 6.42 Å². The molecule has 1 unspecified atom stereocenters. The van der Waals surface area contributed by atoms with Crippen molar-refractivity contribution < 1.29 is 0 Å². The van der Waals surface area contributed by atoms with Crippen molar-refractivity contribution in [3.05, 3.63) is 52.7 Å². The van der Waals surface area contributed by atoms with Gasteiger partial charge in [-0.1, -0.05) is 6.07 Å². The van der Waals surface area contributed by atoms with Crippen LogP contribution in [-0.4, -0.2) is 15.0 Å². The zero-order chi connectivity index (χ0) is 13.1. The molecule has 2 heterocycles. The molecule has 0 radical (unpaired) electrons. The minimum Gasteiger partial charge on any atom is -0.271 e. The van der Waals surface area contributed by atoms with Crippen molar-refractivity contribution in [1.29, 1.82) is 0 Å². The monoisotopic (exact) mass is 271 g/mol. The molecule has 0 aliphatic rings. The Labute approximate surface area is 114 Å². The maximum absolute atomic E-state index is 5.66. The molecule has 96 valence electrons. The number of thiazole rings is 1. The van der Waals surface area contributed by atoms with E-state index in [-0.39, 0.29) is 6.04 Å². The number of aromatic nitrogens is 3. The fourth-order valence-corrected chi connectivity index (χ4v) is 2.66. The van der Waals surface area contributed by atoms with E-state index in [1.54, 1.807) is 29.9 Å². The average molecular weight is 271 g/mol. The predicted octanol–water partition coefficient (Wildman–Crippen LogP) is 1.83. The molecule has 0 amide bonds.